The lowest BCUT2D eigenvalue weighted by Gasteiger charge is -2.29. The van der Waals surface area contributed by atoms with Gasteiger partial charge in [-0.05, 0) is 182 Å². The summed E-state index contributed by atoms with van der Waals surface area (Å²) in [4.78, 5) is 55.5. The maximum absolute atomic E-state index is 16.5. The fourth-order valence-electron chi connectivity index (χ4n) is 17.8. The summed E-state index contributed by atoms with van der Waals surface area (Å²) in [6.07, 6.45) is 33.0. The van der Waals surface area contributed by atoms with E-state index in [2.05, 4.69) is 201 Å². The average molecular weight is 1680 g/mol. The van der Waals surface area contributed by atoms with Crippen LogP contribution in [0.4, 0.5) is 0 Å². The van der Waals surface area contributed by atoms with Crippen LogP contribution in [-0.4, -0.2) is 34.7 Å². The molecule has 6 atom stereocenters. The van der Waals surface area contributed by atoms with Crippen molar-refractivity contribution in [2.24, 2.45) is 35.5 Å². The summed E-state index contributed by atoms with van der Waals surface area (Å²) in [5.74, 6) is 3.33. The second kappa shape index (κ2) is 39.0. The van der Waals surface area contributed by atoms with E-state index in [1.54, 1.807) is 22.7 Å². The number of carbonyl (C=O) groups is 2. The van der Waals surface area contributed by atoms with E-state index in [1.165, 1.54) is 224 Å². The fourth-order valence-corrected chi connectivity index (χ4v) is 29.6. The normalized spacial score (nSPS) is 15.2. The number of hydrogen-bond donors (Lipinski definition) is 0. The molecule has 0 aliphatic carbocycles. The van der Waals surface area contributed by atoms with E-state index in [1.807, 2.05) is 90.7 Å². The van der Waals surface area contributed by atoms with E-state index >= 15 is 9.59 Å². The molecule has 2 aliphatic heterocycles. The molecule has 594 valence electrons. The molecule has 0 saturated heterocycles. The van der Waals surface area contributed by atoms with Gasteiger partial charge in [0.2, 0.25) is 0 Å². The molecule has 0 spiro atoms. The Bertz CT molecular complexity index is 4680. The fraction of sp³-hybridized carbons (Fsp3) is 0.490. The predicted molar refractivity (Wildman–Crippen MR) is 506 cm³/mol. The topological polar surface area (TPSA) is 40.6 Å². The van der Waals surface area contributed by atoms with Crippen LogP contribution in [0.15, 0.2) is 119 Å². The minimum atomic E-state index is -0.0153. The van der Waals surface area contributed by atoms with Crippen molar-refractivity contribution in [3.05, 3.63) is 148 Å². The number of unbranched alkanes of at least 4 members (excludes halogenated alkanes) is 6. The Morgan fingerprint density at radius 1 is 0.277 bits per heavy atom. The third-order valence-electron chi connectivity index (χ3n) is 24.9. The number of hydrogen-bond acceptors (Lipinski definition) is 12. The molecule has 112 heavy (non-hydrogen) atoms. The number of thiophene rings is 10. The Hall–Kier alpha value is -5.10. The molecule has 0 saturated carbocycles. The molecular formula is C98H120N2O2S10. The van der Waals surface area contributed by atoms with E-state index in [9.17, 15) is 0 Å². The first-order valence-electron chi connectivity index (χ1n) is 43.4. The van der Waals surface area contributed by atoms with Gasteiger partial charge in [-0.25, -0.2) is 0 Å². The molecule has 2 aromatic carbocycles. The maximum Gasteiger partial charge on any atom is 0.261 e. The third-order valence-corrected chi connectivity index (χ3v) is 36.1. The minimum Gasteiger partial charge on any atom is -0.306 e. The highest BCUT2D eigenvalue weighted by molar-refractivity contribution is 7.29. The number of nitrogens with zero attached hydrogens (tertiary/aromatic N) is 2. The zero-order valence-electron chi connectivity index (χ0n) is 68.9. The summed E-state index contributed by atoms with van der Waals surface area (Å²) >= 11 is 19.3. The molecule has 0 radical (unpaired) electrons. The van der Waals surface area contributed by atoms with Crippen LogP contribution in [0, 0.1) is 35.5 Å². The lowest BCUT2D eigenvalue weighted by molar-refractivity contribution is -0.124. The molecule has 0 fully saturated rings. The molecule has 14 rings (SSSR count). The first-order valence-corrected chi connectivity index (χ1v) is 51.7. The van der Waals surface area contributed by atoms with Gasteiger partial charge in [0, 0.05) is 134 Å². The Kier molecular flexibility index (Phi) is 29.0. The summed E-state index contributed by atoms with van der Waals surface area (Å²) in [7, 11) is 0. The van der Waals surface area contributed by atoms with Gasteiger partial charge in [0.05, 0.1) is 32.3 Å². The first kappa shape index (κ1) is 83.4. The lowest BCUT2D eigenvalue weighted by Crippen LogP contribution is -2.34. The standard InChI is InChI=1S/C98H120N2O2S10/c1-13-25-31-61(19-7)53-67-37-41-77(105-67)85-71-49-51-103-93(71)87(79-43-39-69(107-79)55-63(21-9)33-27-15-3)73-57-83(111-95(73)85)75-45-47-81(109-75)91-89-90(98(102)99(91)59-65(23-11)35-29-17-5)92(100(97(89)101)60-66(24-12)36-30-18-6)82-48-46-76(110-82)84-58-74-88(80-44-40-70(108-80)56-64(22-10)34-28-16-4)94-72(50-52-104-94)86(96(74)112-84)78-42-38-68(106-78)54-62(20-8)32-26-14-2/h37-52,57-58,61-66H,13-36,53-56,59-60H2,1-12H3. The number of carbonyl (C=O) groups excluding carboxylic acids is 2. The van der Waals surface area contributed by atoms with Crippen LogP contribution in [0.5, 0.6) is 0 Å². The molecule has 2 amide bonds. The van der Waals surface area contributed by atoms with Gasteiger partial charge in [0.1, 0.15) is 0 Å². The smallest absolute Gasteiger partial charge is 0.261 e. The Morgan fingerprint density at radius 2 is 0.554 bits per heavy atom. The number of fused-ring (bicyclic) bond motifs is 5. The average Bonchev–Trinajstić information content (AvgIpc) is 1.51. The van der Waals surface area contributed by atoms with Gasteiger partial charge in [-0.15, -0.1) is 113 Å². The molecule has 10 aromatic heterocycles. The van der Waals surface area contributed by atoms with E-state index in [-0.39, 0.29) is 23.7 Å². The van der Waals surface area contributed by atoms with Gasteiger partial charge in [-0.2, -0.15) is 0 Å². The molecule has 6 unspecified atom stereocenters. The summed E-state index contributed by atoms with van der Waals surface area (Å²) in [6.45, 7) is 29.1. The Morgan fingerprint density at radius 3 is 0.848 bits per heavy atom. The molecule has 14 heteroatoms. The highest BCUT2D eigenvalue weighted by atomic mass is 32.1. The van der Waals surface area contributed by atoms with Gasteiger partial charge in [-0.1, -0.05) is 224 Å². The van der Waals surface area contributed by atoms with E-state index in [0.717, 1.165) is 98.2 Å². The van der Waals surface area contributed by atoms with Crippen molar-refractivity contribution in [1.82, 2.24) is 9.80 Å². The zero-order valence-corrected chi connectivity index (χ0v) is 77.0. The van der Waals surface area contributed by atoms with Crippen molar-refractivity contribution >= 4 is 177 Å². The number of amides is 2. The van der Waals surface area contributed by atoms with Crippen molar-refractivity contribution in [2.45, 2.75) is 263 Å². The van der Waals surface area contributed by atoms with Gasteiger partial charge in [0.25, 0.3) is 11.8 Å². The van der Waals surface area contributed by atoms with Crippen LogP contribution in [0.3, 0.4) is 0 Å². The van der Waals surface area contributed by atoms with Crippen molar-refractivity contribution in [2.75, 3.05) is 13.1 Å². The van der Waals surface area contributed by atoms with Gasteiger partial charge in [-0.3, -0.25) is 9.59 Å². The second-order valence-electron chi connectivity index (χ2n) is 32.5. The van der Waals surface area contributed by atoms with Crippen LogP contribution in [0.25, 0.3) is 113 Å². The maximum atomic E-state index is 16.5. The third kappa shape index (κ3) is 17.7. The summed E-state index contributed by atoms with van der Waals surface area (Å²) in [5, 5.41) is 10.0. The molecule has 0 N–H and O–H groups in total. The number of benzene rings is 2. The number of rotatable bonds is 44. The quantitative estimate of drug-likeness (QED) is 0.0382. The van der Waals surface area contributed by atoms with Crippen molar-refractivity contribution in [1.29, 1.82) is 0 Å². The first-order chi connectivity index (χ1) is 54.8. The highest BCUT2D eigenvalue weighted by Gasteiger charge is 2.50. The second-order valence-corrected chi connectivity index (χ2v) is 43.3. The molecule has 12 heterocycles. The summed E-state index contributed by atoms with van der Waals surface area (Å²) in [5.41, 5.74) is 8.33. The van der Waals surface area contributed by atoms with E-state index in [0.29, 0.717) is 47.9 Å². The van der Waals surface area contributed by atoms with Crippen LogP contribution >= 0.6 is 113 Å². The van der Waals surface area contributed by atoms with Crippen LogP contribution in [0.2, 0.25) is 0 Å². The highest BCUT2D eigenvalue weighted by Crippen LogP contribution is 2.58. The summed E-state index contributed by atoms with van der Waals surface area (Å²) < 4.78 is 5.45. The Balaban J connectivity index is 0.912. The van der Waals surface area contributed by atoms with Crippen molar-refractivity contribution in [3.8, 4) is 61.3 Å². The van der Waals surface area contributed by atoms with Crippen LogP contribution < -0.4 is 0 Å². The van der Waals surface area contributed by atoms with Gasteiger partial charge in [0.15, 0.2) is 0 Å². The van der Waals surface area contributed by atoms with Gasteiger partial charge < -0.3 is 9.80 Å². The molecule has 2 aliphatic rings. The molecule has 4 nitrogen and oxygen atoms in total. The zero-order chi connectivity index (χ0) is 78.1. The van der Waals surface area contributed by atoms with E-state index < -0.39 is 0 Å². The van der Waals surface area contributed by atoms with Crippen molar-refractivity contribution < 1.29 is 9.59 Å². The minimum absolute atomic E-state index is 0.0153. The van der Waals surface area contributed by atoms with Crippen molar-refractivity contribution in [3.63, 3.8) is 0 Å². The Labute approximate surface area is 710 Å². The molecule has 0 bridgehead atoms. The largest absolute Gasteiger partial charge is 0.306 e. The monoisotopic (exact) mass is 1680 g/mol. The van der Waals surface area contributed by atoms with Crippen LogP contribution in [0.1, 0.15) is 266 Å². The van der Waals surface area contributed by atoms with Gasteiger partial charge >= 0.3 is 0 Å². The van der Waals surface area contributed by atoms with Crippen LogP contribution in [-0.2, 0) is 35.3 Å². The predicted octanol–water partition coefficient (Wildman–Crippen LogP) is 34.2. The molecule has 12 aromatic rings. The SMILES string of the molecule is CCCCC(CC)Cc1ccc(-c2c3cc(-c4ccc(C5=C6C(=O)N(CC(CC)CCCC)C(c7ccc(-c8cc9c(-c%10ccc(CC(CC)CCCC)s%10)c%10sccc%10c(-c%10ccc(CC(CC)CCCC)s%10)c9s8)s7)=C6C(=O)N5CC(CC)CCCC)s4)sc3c(-c3ccc(CC(CC)CCCC)s3)c3ccsc23)s1. The summed E-state index contributed by atoms with van der Waals surface area (Å²) in [6, 6.07) is 38.5. The molecular weight excluding hydrogens is 1560 g/mol. The lowest BCUT2D eigenvalue weighted by atomic mass is 9.95. The van der Waals surface area contributed by atoms with E-state index in [4.69, 9.17) is 0 Å².